The van der Waals surface area contributed by atoms with Gasteiger partial charge in [0.1, 0.15) is 5.70 Å². The van der Waals surface area contributed by atoms with Crippen LogP contribution in [0.5, 0.6) is 0 Å². The maximum absolute atomic E-state index is 12.4. The number of carbonyl (C=O) groups is 2. The first-order valence-electron chi connectivity index (χ1n) is 8.58. The van der Waals surface area contributed by atoms with Gasteiger partial charge in [-0.05, 0) is 24.3 Å². The monoisotopic (exact) mass is 443 g/mol. The third-order valence-corrected chi connectivity index (χ3v) is 6.01. The summed E-state index contributed by atoms with van der Waals surface area (Å²) >= 11 is 1.16. The van der Waals surface area contributed by atoms with Crippen LogP contribution >= 0.6 is 11.3 Å². The summed E-state index contributed by atoms with van der Waals surface area (Å²) in [5.74, 6) is -1.11. The molecule has 0 spiro atoms. The van der Waals surface area contributed by atoms with Crippen molar-refractivity contribution in [3.8, 4) is 0 Å². The molecule has 2 N–H and O–H groups in total. The van der Waals surface area contributed by atoms with Crippen molar-refractivity contribution in [2.45, 2.75) is 4.90 Å². The van der Waals surface area contributed by atoms with Gasteiger partial charge in [0.25, 0.3) is 10.0 Å². The Bertz CT molecular complexity index is 1160. The molecule has 0 fully saturated rings. The van der Waals surface area contributed by atoms with Gasteiger partial charge in [0, 0.05) is 28.9 Å². The van der Waals surface area contributed by atoms with Gasteiger partial charge in [0.15, 0.2) is 10.9 Å². The average Bonchev–Trinajstić information content (AvgIpc) is 3.26. The first-order chi connectivity index (χ1) is 14.4. The predicted octanol–water partition coefficient (Wildman–Crippen LogP) is 3.30. The standard InChI is InChI=1S/C20H17N3O5S2/c1-28-19(25)17(13-18(24)14-5-3-2-4-6-14)22-15-7-9-16(10-8-15)30(26,27)23-20-21-11-12-29-20/h2-13,22H,1H3,(H,21,23)/b17-13-. The predicted molar refractivity (Wildman–Crippen MR) is 114 cm³/mol. The lowest BCUT2D eigenvalue weighted by Gasteiger charge is -2.10. The molecule has 0 saturated heterocycles. The molecule has 30 heavy (non-hydrogen) atoms. The number of anilines is 2. The molecule has 0 atom stereocenters. The minimum atomic E-state index is -3.79. The van der Waals surface area contributed by atoms with E-state index in [0.717, 1.165) is 17.4 Å². The van der Waals surface area contributed by atoms with Crippen molar-refractivity contribution >= 4 is 43.9 Å². The highest BCUT2D eigenvalue weighted by Gasteiger charge is 2.17. The second kappa shape index (κ2) is 9.33. The van der Waals surface area contributed by atoms with Crippen LogP contribution in [0.15, 0.2) is 82.8 Å². The van der Waals surface area contributed by atoms with Gasteiger partial charge in [-0.1, -0.05) is 30.3 Å². The summed E-state index contributed by atoms with van der Waals surface area (Å²) in [7, 11) is -2.60. The number of ketones is 1. The minimum absolute atomic E-state index is 0.0206. The molecule has 3 rings (SSSR count). The van der Waals surface area contributed by atoms with Crippen LogP contribution in [0.2, 0.25) is 0 Å². The Kier molecular flexibility index (Phi) is 6.60. The molecule has 0 radical (unpaired) electrons. The number of benzene rings is 2. The Morgan fingerprint density at radius 2 is 1.77 bits per heavy atom. The summed E-state index contributed by atoms with van der Waals surface area (Å²) < 4.78 is 31.9. The highest BCUT2D eigenvalue weighted by molar-refractivity contribution is 7.93. The van der Waals surface area contributed by atoms with Crippen molar-refractivity contribution < 1.29 is 22.7 Å². The van der Waals surface area contributed by atoms with E-state index in [1.807, 2.05) is 0 Å². The Labute approximate surface area is 177 Å². The molecule has 0 aliphatic rings. The molecule has 154 valence electrons. The fourth-order valence-electron chi connectivity index (χ4n) is 2.39. The number of sulfonamides is 1. The molecular weight excluding hydrogens is 426 g/mol. The second-order valence-corrected chi connectivity index (χ2v) is 8.45. The van der Waals surface area contributed by atoms with Crippen molar-refractivity contribution in [1.82, 2.24) is 4.98 Å². The lowest BCUT2D eigenvalue weighted by Crippen LogP contribution is -2.15. The van der Waals surface area contributed by atoms with Crippen LogP contribution in [-0.2, 0) is 19.6 Å². The molecule has 0 bridgehead atoms. The van der Waals surface area contributed by atoms with E-state index in [9.17, 15) is 18.0 Å². The number of carbonyl (C=O) groups excluding carboxylic acids is 2. The topological polar surface area (TPSA) is 114 Å². The number of esters is 1. The molecule has 0 saturated carbocycles. The van der Waals surface area contributed by atoms with E-state index >= 15 is 0 Å². The van der Waals surface area contributed by atoms with Crippen molar-refractivity contribution in [2.24, 2.45) is 0 Å². The smallest absolute Gasteiger partial charge is 0.354 e. The summed E-state index contributed by atoms with van der Waals surface area (Å²) in [6, 6.07) is 14.1. The summed E-state index contributed by atoms with van der Waals surface area (Å²) in [6.07, 6.45) is 2.63. The van der Waals surface area contributed by atoms with E-state index in [1.165, 1.54) is 37.6 Å². The van der Waals surface area contributed by atoms with Gasteiger partial charge >= 0.3 is 5.97 Å². The van der Waals surface area contributed by atoms with E-state index in [-0.39, 0.29) is 21.5 Å². The number of hydrogen-bond acceptors (Lipinski definition) is 8. The normalized spacial score (nSPS) is 11.6. The Balaban J connectivity index is 1.79. The number of allylic oxidation sites excluding steroid dienone is 1. The fraction of sp³-hybridized carbons (Fsp3) is 0.0500. The largest absolute Gasteiger partial charge is 0.464 e. The van der Waals surface area contributed by atoms with Crippen molar-refractivity contribution in [1.29, 1.82) is 0 Å². The molecule has 1 heterocycles. The van der Waals surface area contributed by atoms with Crippen LogP contribution in [0.1, 0.15) is 10.4 Å². The van der Waals surface area contributed by atoms with Crippen LogP contribution < -0.4 is 10.0 Å². The number of nitrogens with one attached hydrogen (secondary N) is 2. The molecule has 3 aromatic rings. The van der Waals surface area contributed by atoms with E-state index < -0.39 is 16.0 Å². The van der Waals surface area contributed by atoms with E-state index in [4.69, 9.17) is 4.74 Å². The van der Waals surface area contributed by atoms with Gasteiger partial charge in [-0.15, -0.1) is 11.3 Å². The average molecular weight is 444 g/mol. The minimum Gasteiger partial charge on any atom is -0.464 e. The zero-order chi connectivity index (χ0) is 21.6. The Hall–Kier alpha value is -3.50. The van der Waals surface area contributed by atoms with Crippen molar-refractivity contribution in [3.63, 3.8) is 0 Å². The molecular formula is C20H17N3O5S2. The SMILES string of the molecule is COC(=O)/C(=C/C(=O)c1ccccc1)Nc1ccc(S(=O)(=O)Nc2nccs2)cc1. The Morgan fingerprint density at radius 3 is 2.37 bits per heavy atom. The quantitative estimate of drug-likeness (QED) is 0.312. The van der Waals surface area contributed by atoms with Gasteiger partial charge in [0.2, 0.25) is 0 Å². The molecule has 0 aliphatic heterocycles. The molecule has 0 aliphatic carbocycles. The molecule has 0 unspecified atom stereocenters. The number of methoxy groups -OCH3 is 1. The maximum atomic E-state index is 12.4. The van der Waals surface area contributed by atoms with E-state index in [2.05, 4.69) is 15.0 Å². The molecule has 10 heteroatoms. The van der Waals surface area contributed by atoms with Gasteiger partial charge in [-0.2, -0.15) is 0 Å². The second-order valence-electron chi connectivity index (χ2n) is 5.87. The van der Waals surface area contributed by atoms with Crippen LogP contribution in [0.3, 0.4) is 0 Å². The van der Waals surface area contributed by atoms with E-state index in [0.29, 0.717) is 11.3 Å². The third-order valence-electron chi connectivity index (χ3n) is 3.84. The summed E-state index contributed by atoms with van der Waals surface area (Å²) in [4.78, 5) is 28.4. The lowest BCUT2D eigenvalue weighted by molar-refractivity contribution is -0.135. The number of rotatable bonds is 8. The summed E-state index contributed by atoms with van der Waals surface area (Å²) in [6.45, 7) is 0. The summed E-state index contributed by atoms with van der Waals surface area (Å²) in [5, 5.41) is 4.71. The molecule has 2 aromatic carbocycles. The highest BCUT2D eigenvalue weighted by Crippen LogP contribution is 2.20. The van der Waals surface area contributed by atoms with Crippen molar-refractivity contribution in [3.05, 3.63) is 83.5 Å². The molecule has 0 amide bonds. The van der Waals surface area contributed by atoms with Gasteiger partial charge in [-0.3, -0.25) is 9.52 Å². The highest BCUT2D eigenvalue weighted by atomic mass is 32.2. The van der Waals surface area contributed by atoms with Gasteiger partial charge < -0.3 is 10.1 Å². The number of nitrogens with zero attached hydrogens (tertiary/aromatic N) is 1. The molecule has 8 nitrogen and oxygen atoms in total. The van der Waals surface area contributed by atoms with Gasteiger partial charge in [0.05, 0.1) is 12.0 Å². The fourth-order valence-corrected chi connectivity index (χ4v) is 4.18. The van der Waals surface area contributed by atoms with Crippen LogP contribution in [0.25, 0.3) is 0 Å². The number of aromatic nitrogens is 1. The maximum Gasteiger partial charge on any atom is 0.354 e. The zero-order valence-electron chi connectivity index (χ0n) is 15.7. The van der Waals surface area contributed by atoms with Gasteiger partial charge in [-0.25, -0.2) is 18.2 Å². The third kappa shape index (κ3) is 5.31. The zero-order valence-corrected chi connectivity index (χ0v) is 17.4. The van der Waals surface area contributed by atoms with Crippen LogP contribution in [-0.4, -0.2) is 32.3 Å². The first kappa shape index (κ1) is 21.2. The molecule has 1 aromatic heterocycles. The lowest BCUT2D eigenvalue weighted by atomic mass is 10.1. The number of ether oxygens (including phenoxy) is 1. The van der Waals surface area contributed by atoms with E-state index in [1.54, 1.807) is 35.7 Å². The number of thiazole rings is 1. The number of hydrogen-bond donors (Lipinski definition) is 2. The van der Waals surface area contributed by atoms with Crippen molar-refractivity contribution in [2.75, 3.05) is 17.1 Å². The first-order valence-corrected chi connectivity index (χ1v) is 10.9. The Morgan fingerprint density at radius 1 is 1.07 bits per heavy atom. The van der Waals surface area contributed by atoms with Crippen LogP contribution in [0, 0.1) is 0 Å². The van der Waals surface area contributed by atoms with Crippen LogP contribution in [0.4, 0.5) is 10.8 Å². The summed E-state index contributed by atoms with van der Waals surface area (Å²) in [5.41, 5.74) is 0.735.